The van der Waals surface area contributed by atoms with Gasteiger partial charge in [0.1, 0.15) is 23.1 Å². The molecule has 1 fully saturated rings. The van der Waals surface area contributed by atoms with Crippen molar-refractivity contribution in [2.75, 3.05) is 18.5 Å². The Morgan fingerprint density at radius 1 is 0.972 bits per heavy atom. The minimum atomic E-state index is -0.657. The first-order chi connectivity index (χ1) is 17.5. The number of benzene rings is 1. The van der Waals surface area contributed by atoms with Crippen LogP contribution in [0.15, 0.2) is 67.3 Å². The zero-order valence-corrected chi connectivity index (χ0v) is 19.7. The number of halogens is 2. The summed E-state index contributed by atoms with van der Waals surface area (Å²) >= 11 is 0. The first-order valence-electron chi connectivity index (χ1n) is 11.8. The summed E-state index contributed by atoms with van der Waals surface area (Å²) in [5, 5.41) is 7.73. The maximum atomic E-state index is 14.7. The summed E-state index contributed by atoms with van der Waals surface area (Å²) in [4.78, 5) is 9.30. The van der Waals surface area contributed by atoms with Gasteiger partial charge >= 0.3 is 0 Å². The number of rotatable bonds is 5. The third-order valence-electron chi connectivity index (χ3n) is 6.45. The summed E-state index contributed by atoms with van der Waals surface area (Å²) in [6, 6.07) is 11.5. The zero-order chi connectivity index (χ0) is 24.6. The SMILES string of the molecule is Cn1cc(-c2ccn3c(-c4cc(NC5CCOCC5)nc(-c5ccc(F)cc5F)c4)cnc3c2)cn1. The number of nitrogens with zero attached hydrogens (tertiary/aromatic N) is 5. The molecule has 0 radical (unpaired) electrons. The molecule has 6 rings (SSSR count). The molecule has 182 valence electrons. The average Bonchev–Trinajstić information content (AvgIpc) is 3.50. The molecule has 7 nitrogen and oxygen atoms in total. The third-order valence-corrected chi connectivity index (χ3v) is 6.45. The maximum absolute atomic E-state index is 14.7. The van der Waals surface area contributed by atoms with Crippen LogP contribution in [0.1, 0.15) is 12.8 Å². The highest BCUT2D eigenvalue weighted by molar-refractivity contribution is 5.75. The highest BCUT2D eigenvalue weighted by Gasteiger charge is 2.18. The van der Waals surface area contributed by atoms with E-state index in [1.54, 1.807) is 10.9 Å². The molecule has 0 bridgehead atoms. The van der Waals surface area contributed by atoms with E-state index < -0.39 is 11.6 Å². The summed E-state index contributed by atoms with van der Waals surface area (Å²) in [6.45, 7) is 1.37. The van der Waals surface area contributed by atoms with Gasteiger partial charge in [0.2, 0.25) is 0 Å². The molecule has 1 aliphatic rings. The van der Waals surface area contributed by atoms with Gasteiger partial charge < -0.3 is 10.1 Å². The Labute approximate surface area is 206 Å². The molecule has 1 aromatic carbocycles. The zero-order valence-electron chi connectivity index (χ0n) is 19.7. The lowest BCUT2D eigenvalue weighted by molar-refractivity contribution is 0.0904. The quantitative estimate of drug-likeness (QED) is 0.364. The van der Waals surface area contributed by atoms with Gasteiger partial charge in [0, 0.05) is 61.5 Å². The first-order valence-corrected chi connectivity index (χ1v) is 11.8. The van der Waals surface area contributed by atoms with Crippen molar-refractivity contribution in [2.45, 2.75) is 18.9 Å². The van der Waals surface area contributed by atoms with Crippen molar-refractivity contribution in [1.29, 1.82) is 0 Å². The summed E-state index contributed by atoms with van der Waals surface area (Å²) in [5.74, 6) is -0.657. The van der Waals surface area contributed by atoms with E-state index in [2.05, 4.69) is 20.4 Å². The molecule has 0 saturated carbocycles. The molecule has 0 atom stereocenters. The highest BCUT2D eigenvalue weighted by atomic mass is 19.1. The van der Waals surface area contributed by atoms with Crippen LogP contribution in [-0.4, -0.2) is 43.4 Å². The van der Waals surface area contributed by atoms with Gasteiger partial charge in [-0.25, -0.2) is 18.7 Å². The predicted octanol–water partition coefficient (Wildman–Crippen LogP) is 5.33. The van der Waals surface area contributed by atoms with Crippen LogP contribution in [-0.2, 0) is 11.8 Å². The van der Waals surface area contributed by atoms with Gasteiger partial charge in [-0.3, -0.25) is 9.08 Å². The lowest BCUT2D eigenvalue weighted by atomic mass is 10.1. The Hall–Kier alpha value is -4.11. The van der Waals surface area contributed by atoms with Crippen LogP contribution >= 0.6 is 0 Å². The smallest absolute Gasteiger partial charge is 0.137 e. The Morgan fingerprint density at radius 3 is 2.61 bits per heavy atom. The number of anilines is 1. The molecule has 4 aromatic heterocycles. The van der Waals surface area contributed by atoms with Crippen LogP contribution in [0.3, 0.4) is 0 Å². The van der Waals surface area contributed by atoms with E-state index in [1.807, 2.05) is 54.3 Å². The highest BCUT2D eigenvalue weighted by Crippen LogP contribution is 2.31. The number of nitrogens with one attached hydrogen (secondary N) is 1. The predicted molar refractivity (Wildman–Crippen MR) is 133 cm³/mol. The third kappa shape index (κ3) is 4.33. The standard InChI is InChI=1S/C27H24F2N6O/c1-34-16-19(14-31-34)17-4-7-35-25(15-30-27(35)12-17)18-10-24(22-3-2-20(28)13-23(22)29)33-26(11-18)32-21-5-8-36-9-6-21/h2-4,7,10-16,21H,5-6,8-9H2,1H3,(H,32,33). The fraction of sp³-hybridized carbons (Fsp3) is 0.222. The second-order valence-electron chi connectivity index (χ2n) is 8.97. The van der Waals surface area contributed by atoms with Gasteiger partial charge in [-0.05, 0) is 54.8 Å². The second-order valence-corrected chi connectivity index (χ2v) is 8.97. The van der Waals surface area contributed by atoms with Crippen LogP contribution in [0.25, 0.3) is 39.3 Å². The lowest BCUT2D eigenvalue weighted by Gasteiger charge is -2.24. The Kier molecular flexibility index (Phi) is 5.69. The normalized spacial score (nSPS) is 14.4. The minimum Gasteiger partial charge on any atom is -0.381 e. The molecule has 1 saturated heterocycles. The summed E-state index contributed by atoms with van der Waals surface area (Å²) < 4.78 is 37.5. The monoisotopic (exact) mass is 486 g/mol. The van der Waals surface area contributed by atoms with E-state index in [-0.39, 0.29) is 11.6 Å². The summed E-state index contributed by atoms with van der Waals surface area (Å²) in [5.41, 5.74) is 5.10. The van der Waals surface area contributed by atoms with Gasteiger partial charge in [0.05, 0.1) is 23.8 Å². The van der Waals surface area contributed by atoms with Crippen molar-refractivity contribution in [3.05, 3.63) is 78.9 Å². The fourth-order valence-electron chi connectivity index (χ4n) is 4.58. The minimum absolute atomic E-state index is 0.205. The maximum Gasteiger partial charge on any atom is 0.137 e. The van der Waals surface area contributed by atoms with E-state index in [1.165, 1.54) is 12.1 Å². The number of hydrogen-bond donors (Lipinski definition) is 1. The average molecular weight is 487 g/mol. The van der Waals surface area contributed by atoms with Crippen LogP contribution in [0.4, 0.5) is 14.6 Å². The van der Waals surface area contributed by atoms with Gasteiger partial charge in [-0.2, -0.15) is 5.10 Å². The number of imidazole rings is 1. The van der Waals surface area contributed by atoms with Crippen molar-refractivity contribution < 1.29 is 13.5 Å². The number of pyridine rings is 2. The number of aromatic nitrogens is 5. The Morgan fingerprint density at radius 2 is 1.83 bits per heavy atom. The molecule has 0 unspecified atom stereocenters. The number of aryl methyl sites for hydroxylation is 1. The molecule has 5 aromatic rings. The largest absolute Gasteiger partial charge is 0.381 e. The fourth-order valence-corrected chi connectivity index (χ4v) is 4.58. The molecule has 5 heterocycles. The topological polar surface area (TPSA) is 69.3 Å². The molecule has 1 aliphatic heterocycles. The Bertz CT molecular complexity index is 1550. The summed E-state index contributed by atoms with van der Waals surface area (Å²) in [7, 11) is 1.88. The molecule has 9 heteroatoms. The van der Waals surface area contributed by atoms with Crippen molar-refractivity contribution in [2.24, 2.45) is 7.05 Å². The van der Waals surface area contributed by atoms with Crippen molar-refractivity contribution in [3.63, 3.8) is 0 Å². The number of fused-ring (bicyclic) bond motifs is 1. The van der Waals surface area contributed by atoms with E-state index >= 15 is 0 Å². The van der Waals surface area contributed by atoms with Crippen molar-refractivity contribution in [3.8, 4) is 33.6 Å². The van der Waals surface area contributed by atoms with E-state index in [9.17, 15) is 8.78 Å². The molecule has 0 amide bonds. The van der Waals surface area contributed by atoms with Crippen molar-refractivity contribution in [1.82, 2.24) is 24.1 Å². The number of ether oxygens (including phenoxy) is 1. The van der Waals surface area contributed by atoms with Crippen LogP contribution in [0.2, 0.25) is 0 Å². The van der Waals surface area contributed by atoms with E-state index in [0.29, 0.717) is 24.7 Å². The van der Waals surface area contributed by atoms with E-state index in [4.69, 9.17) is 4.74 Å². The molecule has 1 N–H and O–H groups in total. The van der Waals surface area contributed by atoms with Gasteiger partial charge in [-0.1, -0.05) is 0 Å². The molecular weight excluding hydrogens is 462 g/mol. The van der Waals surface area contributed by atoms with Crippen LogP contribution in [0, 0.1) is 11.6 Å². The molecule has 36 heavy (non-hydrogen) atoms. The van der Waals surface area contributed by atoms with Crippen LogP contribution < -0.4 is 5.32 Å². The van der Waals surface area contributed by atoms with Gasteiger partial charge in [-0.15, -0.1) is 0 Å². The molecular formula is C27H24F2N6O. The second kappa shape index (κ2) is 9.16. The lowest BCUT2D eigenvalue weighted by Crippen LogP contribution is -2.28. The van der Waals surface area contributed by atoms with E-state index in [0.717, 1.165) is 46.9 Å². The summed E-state index contributed by atoms with van der Waals surface area (Å²) in [6.07, 6.45) is 9.25. The molecule has 0 spiro atoms. The number of hydrogen-bond acceptors (Lipinski definition) is 5. The first kappa shape index (κ1) is 22.4. The van der Waals surface area contributed by atoms with Crippen molar-refractivity contribution >= 4 is 11.5 Å². The van der Waals surface area contributed by atoms with Gasteiger partial charge in [0.15, 0.2) is 0 Å². The molecule has 0 aliphatic carbocycles. The van der Waals surface area contributed by atoms with Crippen LogP contribution in [0.5, 0.6) is 0 Å². The Balaban J connectivity index is 1.44. The van der Waals surface area contributed by atoms with Gasteiger partial charge in [0.25, 0.3) is 0 Å².